The summed E-state index contributed by atoms with van der Waals surface area (Å²) in [7, 11) is 3.59. The largest absolute Gasteiger partial charge is 0.361 e. The number of aryl methyl sites for hydroxylation is 1. The van der Waals surface area contributed by atoms with E-state index in [0.717, 1.165) is 19.4 Å². The van der Waals surface area contributed by atoms with Crippen molar-refractivity contribution in [3.05, 3.63) is 18.0 Å². The zero-order valence-electron chi connectivity index (χ0n) is 13.1. The summed E-state index contributed by atoms with van der Waals surface area (Å²) in [5.74, 6) is -0.0934. The van der Waals surface area contributed by atoms with Crippen LogP contribution in [0, 0.1) is 0 Å². The highest BCUT2D eigenvalue weighted by molar-refractivity contribution is 5.95. The lowest BCUT2D eigenvalue weighted by atomic mass is 9.94. The second-order valence-electron chi connectivity index (χ2n) is 6.16. The van der Waals surface area contributed by atoms with Crippen molar-refractivity contribution in [3.63, 3.8) is 0 Å². The second kappa shape index (κ2) is 5.72. The fraction of sp³-hybridized carbons (Fsp3) is 0.667. The van der Waals surface area contributed by atoms with Crippen molar-refractivity contribution in [2.75, 3.05) is 33.3 Å². The van der Waals surface area contributed by atoms with E-state index in [-0.39, 0.29) is 11.8 Å². The van der Waals surface area contributed by atoms with E-state index in [0.29, 0.717) is 31.7 Å². The van der Waals surface area contributed by atoms with Crippen LogP contribution in [0.5, 0.6) is 0 Å². The van der Waals surface area contributed by atoms with Gasteiger partial charge in [0.1, 0.15) is 0 Å². The molecule has 3 rings (SSSR count). The molecule has 7 nitrogen and oxygen atoms in total. The van der Waals surface area contributed by atoms with E-state index in [1.165, 1.54) is 0 Å². The Morgan fingerprint density at radius 1 is 1.32 bits per heavy atom. The van der Waals surface area contributed by atoms with Crippen LogP contribution in [0.15, 0.2) is 12.4 Å². The third-order valence-corrected chi connectivity index (χ3v) is 4.49. The highest BCUT2D eigenvalue weighted by atomic mass is 16.5. The summed E-state index contributed by atoms with van der Waals surface area (Å²) in [5.41, 5.74) is -0.324. The summed E-state index contributed by atoms with van der Waals surface area (Å²) in [5, 5.41) is 4.04. The molecule has 2 aliphatic heterocycles. The molecule has 7 heteroatoms. The van der Waals surface area contributed by atoms with Crippen molar-refractivity contribution in [2.45, 2.75) is 24.9 Å². The molecule has 0 saturated carbocycles. The van der Waals surface area contributed by atoms with Crippen molar-refractivity contribution in [1.29, 1.82) is 0 Å². The highest BCUT2D eigenvalue weighted by Crippen LogP contribution is 2.29. The molecule has 1 unspecified atom stereocenters. The molecule has 1 aromatic rings. The number of amides is 2. The number of ether oxygens (including phenoxy) is 1. The lowest BCUT2D eigenvalue weighted by molar-refractivity contribution is -0.166. The summed E-state index contributed by atoms with van der Waals surface area (Å²) < 4.78 is 7.49. The van der Waals surface area contributed by atoms with Crippen molar-refractivity contribution < 1.29 is 14.3 Å². The molecule has 120 valence electrons. The quantitative estimate of drug-likeness (QED) is 0.747. The SMILES string of the molecule is CN1CCCCC2(CN(C(=O)c3cnn(C)c3)CCO2)C1=O. The molecular formula is C15H22N4O3. The Kier molecular flexibility index (Phi) is 3.90. The fourth-order valence-corrected chi connectivity index (χ4v) is 3.27. The standard InChI is InChI=1S/C15H22N4O3/c1-17-6-4-3-5-15(14(17)21)11-19(7-8-22-15)13(20)12-9-16-18(2)10-12/h9-10H,3-8,11H2,1-2H3. The molecule has 1 atom stereocenters. The first-order valence-corrected chi connectivity index (χ1v) is 7.69. The molecule has 2 aliphatic rings. The number of likely N-dealkylation sites (tertiary alicyclic amines) is 1. The van der Waals surface area contributed by atoms with Gasteiger partial charge in [0.2, 0.25) is 0 Å². The zero-order chi connectivity index (χ0) is 15.7. The van der Waals surface area contributed by atoms with Gasteiger partial charge in [-0.1, -0.05) is 0 Å². The highest BCUT2D eigenvalue weighted by Gasteiger charge is 2.47. The van der Waals surface area contributed by atoms with Crippen molar-refractivity contribution in [1.82, 2.24) is 19.6 Å². The van der Waals surface area contributed by atoms with Gasteiger partial charge in [-0.3, -0.25) is 14.3 Å². The van der Waals surface area contributed by atoms with Crippen LogP contribution in [0.1, 0.15) is 29.6 Å². The van der Waals surface area contributed by atoms with E-state index >= 15 is 0 Å². The molecule has 2 amide bonds. The van der Waals surface area contributed by atoms with Crippen LogP contribution in [0.4, 0.5) is 0 Å². The normalized spacial score (nSPS) is 26.4. The second-order valence-corrected chi connectivity index (χ2v) is 6.16. The van der Waals surface area contributed by atoms with Gasteiger partial charge in [0.15, 0.2) is 5.60 Å². The average molecular weight is 306 g/mol. The van der Waals surface area contributed by atoms with E-state index in [4.69, 9.17) is 4.74 Å². The lowest BCUT2D eigenvalue weighted by Gasteiger charge is -2.42. The molecule has 1 aromatic heterocycles. The van der Waals surface area contributed by atoms with Gasteiger partial charge in [-0.2, -0.15) is 5.10 Å². The van der Waals surface area contributed by atoms with Gasteiger partial charge >= 0.3 is 0 Å². The third-order valence-electron chi connectivity index (χ3n) is 4.49. The first-order chi connectivity index (χ1) is 10.5. The first-order valence-electron chi connectivity index (χ1n) is 7.69. The van der Waals surface area contributed by atoms with E-state index in [9.17, 15) is 9.59 Å². The average Bonchev–Trinajstić information content (AvgIpc) is 2.91. The Bertz CT molecular complexity index is 585. The van der Waals surface area contributed by atoms with E-state index < -0.39 is 5.60 Å². The number of carbonyl (C=O) groups is 2. The summed E-state index contributed by atoms with van der Waals surface area (Å²) in [6.07, 6.45) is 5.85. The maximum absolute atomic E-state index is 12.7. The molecule has 2 fully saturated rings. The number of hydrogen-bond donors (Lipinski definition) is 0. The molecule has 0 radical (unpaired) electrons. The van der Waals surface area contributed by atoms with Gasteiger partial charge in [-0.25, -0.2) is 0 Å². The van der Waals surface area contributed by atoms with Gasteiger partial charge in [0.25, 0.3) is 11.8 Å². The van der Waals surface area contributed by atoms with E-state index in [1.54, 1.807) is 41.0 Å². The molecule has 22 heavy (non-hydrogen) atoms. The minimum absolute atomic E-state index is 0.00585. The summed E-state index contributed by atoms with van der Waals surface area (Å²) in [6.45, 7) is 1.97. The Hall–Kier alpha value is -1.89. The molecule has 0 aliphatic carbocycles. The van der Waals surface area contributed by atoms with Crippen molar-refractivity contribution in [2.24, 2.45) is 7.05 Å². The monoisotopic (exact) mass is 306 g/mol. The van der Waals surface area contributed by atoms with Crippen LogP contribution in [0.2, 0.25) is 0 Å². The van der Waals surface area contributed by atoms with E-state index in [1.807, 2.05) is 0 Å². The van der Waals surface area contributed by atoms with Gasteiger partial charge in [-0.15, -0.1) is 0 Å². The smallest absolute Gasteiger partial charge is 0.257 e. The summed E-state index contributed by atoms with van der Waals surface area (Å²) in [4.78, 5) is 28.7. The first kappa shape index (κ1) is 15.0. The van der Waals surface area contributed by atoms with Crippen molar-refractivity contribution >= 4 is 11.8 Å². The molecule has 2 saturated heterocycles. The number of nitrogens with zero attached hydrogens (tertiary/aromatic N) is 4. The Morgan fingerprint density at radius 3 is 2.86 bits per heavy atom. The minimum atomic E-state index is -0.874. The van der Waals surface area contributed by atoms with Gasteiger partial charge < -0.3 is 14.5 Å². The fourth-order valence-electron chi connectivity index (χ4n) is 3.27. The summed E-state index contributed by atoms with van der Waals surface area (Å²) >= 11 is 0. The minimum Gasteiger partial charge on any atom is -0.361 e. The molecular weight excluding hydrogens is 284 g/mol. The Labute approximate surface area is 129 Å². The zero-order valence-corrected chi connectivity index (χ0v) is 13.1. The lowest BCUT2D eigenvalue weighted by Crippen LogP contribution is -2.60. The number of likely N-dealkylation sites (N-methyl/N-ethyl adjacent to an activating group) is 1. The Balaban J connectivity index is 1.81. The number of hydrogen-bond acceptors (Lipinski definition) is 4. The predicted octanol–water partition coefficient (Wildman–Crippen LogP) is 0.274. The van der Waals surface area contributed by atoms with Crippen LogP contribution < -0.4 is 0 Å². The molecule has 3 heterocycles. The van der Waals surface area contributed by atoms with Gasteiger partial charge in [0.05, 0.1) is 24.9 Å². The molecule has 0 N–H and O–H groups in total. The summed E-state index contributed by atoms with van der Waals surface area (Å²) in [6, 6.07) is 0. The van der Waals surface area contributed by atoms with Crippen molar-refractivity contribution in [3.8, 4) is 0 Å². The van der Waals surface area contributed by atoms with E-state index in [2.05, 4.69) is 5.10 Å². The molecule has 0 aromatic carbocycles. The number of morpholine rings is 1. The van der Waals surface area contributed by atoms with Crippen LogP contribution in [-0.2, 0) is 16.6 Å². The van der Waals surface area contributed by atoms with Crippen LogP contribution in [0.3, 0.4) is 0 Å². The number of rotatable bonds is 1. The molecule has 1 spiro atoms. The molecule has 0 bridgehead atoms. The van der Waals surface area contributed by atoms with Crippen LogP contribution in [0.25, 0.3) is 0 Å². The predicted molar refractivity (Wildman–Crippen MR) is 79.3 cm³/mol. The van der Waals surface area contributed by atoms with Crippen LogP contribution >= 0.6 is 0 Å². The van der Waals surface area contributed by atoms with Gasteiger partial charge in [0, 0.05) is 33.4 Å². The number of aromatic nitrogens is 2. The maximum atomic E-state index is 12.7. The Morgan fingerprint density at radius 2 is 2.14 bits per heavy atom. The van der Waals surface area contributed by atoms with Gasteiger partial charge in [-0.05, 0) is 19.3 Å². The third kappa shape index (κ3) is 2.61. The van der Waals surface area contributed by atoms with Crippen LogP contribution in [-0.4, -0.2) is 70.3 Å². The number of carbonyl (C=O) groups excluding carboxylic acids is 2. The maximum Gasteiger partial charge on any atom is 0.257 e. The topological polar surface area (TPSA) is 67.7 Å².